The van der Waals surface area contributed by atoms with Crippen molar-refractivity contribution in [2.24, 2.45) is 0 Å². The highest BCUT2D eigenvalue weighted by atomic mass is 16.2. The number of nitrogens with zero attached hydrogens (tertiary/aromatic N) is 5. The first-order valence-electron chi connectivity index (χ1n) is 11.0. The van der Waals surface area contributed by atoms with Crippen molar-refractivity contribution in [3.8, 4) is 0 Å². The number of piperidine rings is 1. The Labute approximate surface area is 182 Å². The Morgan fingerprint density at radius 2 is 1.68 bits per heavy atom. The number of hydrogen-bond acceptors (Lipinski definition) is 5. The number of amides is 1. The number of nitrogens with one attached hydrogen (secondary N) is 1. The van der Waals surface area contributed by atoms with Gasteiger partial charge >= 0.3 is 0 Å². The van der Waals surface area contributed by atoms with Crippen molar-refractivity contribution in [1.29, 1.82) is 0 Å². The van der Waals surface area contributed by atoms with E-state index in [9.17, 15) is 4.79 Å². The molecule has 2 aliphatic heterocycles. The smallest absolute Gasteiger partial charge is 0.247 e. The van der Waals surface area contributed by atoms with Crippen LogP contribution in [0, 0.1) is 0 Å². The summed E-state index contributed by atoms with van der Waals surface area (Å²) < 4.78 is 2.01. The first-order chi connectivity index (χ1) is 15.2. The van der Waals surface area contributed by atoms with Crippen LogP contribution in [0.25, 0.3) is 0 Å². The van der Waals surface area contributed by atoms with Gasteiger partial charge in [0.1, 0.15) is 5.54 Å². The molecule has 5 rings (SSSR count). The predicted molar refractivity (Wildman–Crippen MR) is 119 cm³/mol. The second kappa shape index (κ2) is 8.51. The summed E-state index contributed by atoms with van der Waals surface area (Å²) in [4.78, 5) is 17.5. The van der Waals surface area contributed by atoms with Gasteiger partial charge in [0.05, 0.1) is 18.6 Å². The molecule has 0 bridgehead atoms. The zero-order valence-electron chi connectivity index (χ0n) is 17.7. The van der Waals surface area contributed by atoms with E-state index in [-0.39, 0.29) is 5.91 Å². The van der Waals surface area contributed by atoms with Gasteiger partial charge in [-0.1, -0.05) is 53.7 Å². The molecule has 1 N–H and O–H groups in total. The molecule has 0 aliphatic carbocycles. The van der Waals surface area contributed by atoms with Crippen LogP contribution >= 0.6 is 0 Å². The Morgan fingerprint density at radius 3 is 2.42 bits per heavy atom. The molecule has 3 aromatic rings. The zero-order valence-corrected chi connectivity index (χ0v) is 17.7. The molecule has 0 radical (unpaired) electrons. The van der Waals surface area contributed by atoms with E-state index >= 15 is 0 Å². The maximum atomic E-state index is 12.8. The Morgan fingerprint density at radius 1 is 0.968 bits per heavy atom. The molecular formula is C24H28N6O. The topological polar surface area (TPSA) is 66.3 Å². The lowest BCUT2D eigenvalue weighted by Gasteiger charge is -2.43. The highest BCUT2D eigenvalue weighted by molar-refractivity contribution is 5.93. The summed E-state index contributed by atoms with van der Waals surface area (Å²) in [7, 11) is 0. The lowest BCUT2D eigenvalue weighted by molar-refractivity contribution is -0.125. The molecule has 7 heteroatoms. The summed E-state index contributed by atoms with van der Waals surface area (Å²) in [6, 6.07) is 20.7. The van der Waals surface area contributed by atoms with Crippen LogP contribution in [0.4, 0.5) is 5.69 Å². The summed E-state index contributed by atoms with van der Waals surface area (Å²) in [6.45, 7) is 3.96. The monoisotopic (exact) mass is 416 g/mol. The summed E-state index contributed by atoms with van der Waals surface area (Å²) in [5.74, 6) is 0.158. The second-order valence-electron chi connectivity index (χ2n) is 8.42. The van der Waals surface area contributed by atoms with E-state index in [1.165, 1.54) is 5.56 Å². The van der Waals surface area contributed by atoms with E-state index in [2.05, 4.69) is 61.8 Å². The lowest BCUT2D eigenvalue weighted by atomic mass is 9.85. The number of para-hydroxylation sites is 1. The van der Waals surface area contributed by atoms with Gasteiger partial charge in [-0.2, -0.15) is 0 Å². The molecule has 1 amide bonds. The van der Waals surface area contributed by atoms with Crippen molar-refractivity contribution >= 4 is 11.6 Å². The van der Waals surface area contributed by atoms with Gasteiger partial charge in [-0.15, -0.1) is 5.10 Å². The molecule has 2 aromatic carbocycles. The minimum atomic E-state index is -0.441. The Bertz CT molecular complexity index is 1010. The number of carbonyl (C=O) groups is 1. The fourth-order valence-corrected chi connectivity index (χ4v) is 4.81. The van der Waals surface area contributed by atoms with Crippen LogP contribution in [-0.2, 0) is 24.3 Å². The highest BCUT2D eigenvalue weighted by Gasteiger charge is 2.50. The third-order valence-electron chi connectivity index (χ3n) is 6.63. The van der Waals surface area contributed by atoms with Gasteiger partial charge in [0.2, 0.25) is 5.91 Å². The Balaban J connectivity index is 1.23. The van der Waals surface area contributed by atoms with Crippen molar-refractivity contribution in [1.82, 2.24) is 25.2 Å². The standard InChI is InChI=1S/C24H28N6O/c31-23-24(29(19-25-23)21-9-5-2-6-10-21)12-15-28(16-13-24)18-22-17-26-27-30(22)14-11-20-7-3-1-4-8-20/h1-10,17H,11-16,18-19H2,(H,25,31). The predicted octanol–water partition coefficient (Wildman–Crippen LogP) is 2.45. The van der Waals surface area contributed by atoms with Gasteiger partial charge in [0.15, 0.2) is 0 Å². The van der Waals surface area contributed by atoms with Gasteiger partial charge in [-0.05, 0) is 37.0 Å². The van der Waals surface area contributed by atoms with Gasteiger partial charge in [0, 0.05) is 31.9 Å². The maximum absolute atomic E-state index is 12.8. The quantitative estimate of drug-likeness (QED) is 0.669. The number of carbonyl (C=O) groups excluding carboxylic acids is 1. The van der Waals surface area contributed by atoms with Crippen LogP contribution in [0.3, 0.4) is 0 Å². The minimum absolute atomic E-state index is 0.158. The van der Waals surface area contributed by atoms with Crippen LogP contribution in [0.1, 0.15) is 24.1 Å². The van der Waals surface area contributed by atoms with E-state index in [0.29, 0.717) is 6.67 Å². The molecule has 7 nitrogen and oxygen atoms in total. The fraction of sp³-hybridized carbons (Fsp3) is 0.375. The first-order valence-corrected chi connectivity index (χ1v) is 11.0. The van der Waals surface area contributed by atoms with E-state index in [0.717, 1.165) is 56.8 Å². The highest BCUT2D eigenvalue weighted by Crippen LogP contribution is 2.36. The van der Waals surface area contributed by atoms with Gasteiger partial charge in [-0.3, -0.25) is 9.69 Å². The molecule has 1 spiro atoms. The molecule has 2 fully saturated rings. The van der Waals surface area contributed by atoms with Crippen LogP contribution in [0.5, 0.6) is 0 Å². The number of likely N-dealkylation sites (tertiary alicyclic amines) is 1. The Kier molecular flexibility index (Phi) is 5.42. The van der Waals surface area contributed by atoms with E-state index in [4.69, 9.17) is 0 Å². The minimum Gasteiger partial charge on any atom is -0.339 e. The molecule has 0 atom stereocenters. The third kappa shape index (κ3) is 3.93. The average molecular weight is 417 g/mol. The van der Waals surface area contributed by atoms with Crippen LogP contribution < -0.4 is 10.2 Å². The number of hydrogen-bond donors (Lipinski definition) is 1. The SMILES string of the molecule is O=C1NCN(c2ccccc2)C12CCN(Cc1cnnn1CCc1ccccc1)CC2. The summed E-state index contributed by atoms with van der Waals surface area (Å²) in [5, 5.41) is 11.5. The molecule has 3 heterocycles. The zero-order chi connectivity index (χ0) is 21.1. The summed E-state index contributed by atoms with van der Waals surface area (Å²) in [6.07, 6.45) is 4.44. The average Bonchev–Trinajstić information content (AvgIpc) is 3.39. The fourth-order valence-electron chi connectivity index (χ4n) is 4.81. The van der Waals surface area contributed by atoms with Crippen molar-refractivity contribution in [3.63, 3.8) is 0 Å². The van der Waals surface area contributed by atoms with Crippen LogP contribution in [-0.4, -0.2) is 51.1 Å². The molecule has 0 unspecified atom stereocenters. The maximum Gasteiger partial charge on any atom is 0.247 e. The molecule has 2 saturated heterocycles. The molecule has 1 aromatic heterocycles. The van der Waals surface area contributed by atoms with Crippen LogP contribution in [0.15, 0.2) is 66.9 Å². The lowest BCUT2D eigenvalue weighted by Crippen LogP contribution is -2.56. The van der Waals surface area contributed by atoms with Gasteiger partial charge in [0.25, 0.3) is 0 Å². The second-order valence-corrected chi connectivity index (χ2v) is 8.42. The first kappa shape index (κ1) is 19.8. The van der Waals surface area contributed by atoms with E-state index in [1.54, 1.807) is 0 Å². The van der Waals surface area contributed by atoms with E-state index in [1.807, 2.05) is 35.1 Å². The van der Waals surface area contributed by atoms with Gasteiger partial charge in [-0.25, -0.2) is 4.68 Å². The molecule has 2 aliphatic rings. The number of aryl methyl sites for hydroxylation is 2. The van der Waals surface area contributed by atoms with Gasteiger partial charge < -0.3 is 10.2 Å². The van der Waals surface area contributed by atoms with E-state index < -0.39 is 5.54 Å². The summed E-state index contributed by atoms with van der Waals surface area (Å²) >= 11 is 0. The van der Waals surface area contributed by atoms with Crippen LogP contribution in [0.2, 0.25) is 0 Å². The Hall–Kier alpha value is -3.19. The van der Waals surface area contributed by atoms with Crippen molar-refractivity contribution < 1.29 is 4.79 Å². The number of rotatable bonds is 6. The van der Waals surface area contributed by atoms with Crippen molar-refractivity contribution in [2.45, 2.75) is 37.9 Å². The largest absolute Gasteiger partial charge is 0.339 e. The molecule has 160 valence electrons. The number of anilines is 1. The molecule has 31 heavy (non-hydrogen) atoms. The van der Waals surface area contributed by atoms with Crippen molar-refractivity contribution in [2.75, 3.05) is 24.7 Å². The number of benzene rings is 2. The third-order valence-corrected chi connectivity index (χ3v) is 6.63. The summed E-state index contributed by atoms with van der Waals surface area (Å²) in [5.41, 5.74) is 3.10. The normalized spacial score (nSPS) is 18.5. The number of aromatic nitrogens is 3. The molecular weight excluding hydrogens is 388 g/mol. The van der Waals surface area contributed by atoms with Crippen molar-refractivity contribution in [3.05, 3.63) is 78.1 Å². The molecule has 0 saturated carbocycles.